The molecule has 0 saturated heterocycles. The lowest BCUT2D eigenvalue weighted by Gasteiger charge is -2.31. The van der Waals surface area contributed by atoms with Gasteiger partial charge in [-0.3, -0.25) is 15.4 Å². The van der Waals surface area contributed by atoms with Gasteiger partial charge in [0, 0.05) is 18.3 Å². The quantitative estimate of drug-likeness (QED) is 0.545. The molecule has 0 spiro atoms. The first-order valence-electron chi connectivity index (χ1n) is 6.34. The molecule has 1 aromatic heterocycles. The highest BCUT2D eigenvalue weighted by atomic mass is 19.4. The second-order valence-electron chi connectivity index (χ2n) is 5.02. The number of nitrogens with one attached hydrogen (secondary N) is 2. The smallest absolute Gasteiger partial charge is 0.381 e. The molecule has 2 atom stereocenters. The predicted molar refractivity (Wildman–Crippen MR) is 67.1 cm³/mol. The third-order valence-electron chi connectivity index (χ3n) is 3.70. The topological polar surface area (TPSA) is 91.5 Å². The molecule has 0 radical (unpaired) electrons. The number of aromatic nitrogens is 2. The van der Waals surface area contributed by atoms with Crippen LogP contribution in [0.1, 0.15) is 25.7 Å². The van der Waals surface area contributed by atoms with Gasteiger partial charge < -0.3 is 5.73 Å². The summed E-state index contributed by atoms with van der Waals surface area (Å²) in [5.41, 5.74) is 5.33. The molecule has 5 nitrogen and oxygen atoms in total. The number of nitrogens with zero attached hydrogens (tertiary/aromatic N) is 2. The summed E-state index contributed by atoms with van der Waals surface area (Å²) < 4.78 is 39.5. The molecular weight excluding hydrogens is 271 g/mol. The normalized spacial score (nSPS) is 23.6. The summed E-state index contributed by atoms with van der Waals surface area (Å²) in [5, 5.41) is 15.8. The Morgan fingerprint density at radius 3 is 2.75 bits per heavy atom. The number of rotatable bonds is 1. The van der Waals surface area contributed by atoms with E-state index in [1.807, 2.05) is 0 Å². The van der Waals surface area contributed by atoms with Gasteiger partial charge in [0.15, 0.2) is 11.3 Å². The van der Waals surface area contributed by atoms with Gasteiger partial charge in [-0.05, 0) is 19.3 Å². The Morgan fingerprint density at radius 2 is 2.10 bits per heavy atom. The Bertz CT molecular complexity index is 563. The predicted octanol–water partition coefficient (Wildman–Crippen LogP) is 2.14. The highest BCUT2D eigenvalue weighted by Crippen LogP contribution is 2.40. The molecule has 1 saturated carbocycles. The van der Waals surface area contributed by atoms with Crippen molar-refractivity contribution in [2.75, 3.05) is 5.73 Å². The number of halogens is 3. The van der Waals surface area contributed by atoms with E-state index in [2.05, 4.69) is 4.98 Å². The SMILES string of the molecule is N=C(C1CCCC(C(F)(F)F)C1)n1ccnc(N)c1=N. The summed E-state index contributed by atoms with van der Waals surface area (Å²) in [6.45, 7) is 0. The largest absolute Gasteiger partial charge is 0.391 e. The second kappa shape index (κ2) is 5.26. The summed E-state index contributed by atoms with van der Waals surface area (Å²) in [5.74, 6) is -1.93. The van der Waals surface area contributed by atoms with E-state index in [-0.39, 0.29) is 30.0 Å². The Kier molecular flexibility index (Phi) is 3.82. The van der Waals surface area contributed by atoms with Crippen LogP contribution in [-0.2, 0) is 0 Å². The lowest BCUT2D eigenvalue weighted by atomic mass is 9.80. The first kappa shape index (κ1) is 14.5. The maximum absolute atomic E-state index is 12.8. The van der Waals surface area contributed by atoms with Gasteiger partial charge in [-0.2, -0.15) is 13.2 Å². The number of anilines is 1. The fourth-order valence-electron chi connectivity index (χ4n) is 2.57. The van der Waals surface area contributed by atoms with Gasteiger partial charge in [0.2, 0.25) is 0 Å². The number of alkyl halides is 3. The van der Waals surface area contributed by atoms with Gasteiger partial charge in [0.1, 0.15) is 5.84 Å². The van der Waals surface area contributed by atoms with Crippen molar-refractivity contribution in [2.24, 2.45) is 11.8 Å². The number of nitrogen functional groups attached to an aromatic ring is 1. The molecule has 0 aliphatic heterocycles. The molecule has 0 bridgehead atoms. The van der Waals surface area contributed by atoms with E-state index in [1.54, 1.807) is 0 Å². The maximum atomic E-state index is 12.8. The van der Waals surface area contributed by atoms with Crippen molar-refractivity contribution < 1.29 is 13.2 Å². The average molecular weight is 287 g/mol. The Hall–Kier alpha value is -1.86. The molecule has 0 amide bonds. The molecule has 1 aliphatic rings. The minimum atomic E-state index is -4.22. The van der Waals surface area contributed by atoms with Crippen molar-refractivity contribution in [1.29, 1.82) is 10.8 Å². The minimum Gasteiger partial charge on any atom is -0.381 e. The molecule has 2 unspecified atom stereocenters. The van der Waals surface area contributed by atoms with Crippen LogP contribution in [0.4, 0.5) is 19.0 Å². The fourth-order valence-corrected chi connectivity index (χ4v) is 2.57. The van der Waals surface area contributed by atoms with Crippen LogP contribution < -0.4 is 11.2 Å². The maximum Gasteiger partial charge on any atom is 0.391 e. The van der Waals surface area contributed by atoms with Crippen molar-refractivity contribution in [2.45, 2.75) is 31.9 Å². The molecule has 0 aromatic carbocycles. The van der Waals surface area contributed by atoms with Gasteiger partial charge >= 0.3 is 6.18 Å². The first-order chi connectivity index (χ1) is 9.30. The second-order valence-corrected chi connectivity index (χ2v) is 5.02. The van der Waals surface area contributed by atoms with Crippen molar-refractivity contribution in [3.63, 3.8) is 0 Å². The van der Waals surface area contributed by atoms with Gasteiger partial charge in [0.25, 0.3) is 0 Å². The molecule has 1 heterocycles. The summed E-state index contributed by atoms with van der Waals surface area (Å²) in [7, 11) is 0. The van der Waals surface area contributed by atoms with E-state index in [0.717, 1.165) is 0 Å². The lowest BCUT2D eigenvalue weighted by Crippen LogP contribution is -2.38. The van der Waals surface area contributed by atoms with Crippen molar-refractivity contribution in [1.82, 2.24) is 9.55 Å². The van der Waals surface area contributed by atoms with Gasteiger partial charge in [-0.1, -0.05) is 6.42 Å². The molecule has 1 fully saturated rings. The zero-order valence-corrected chi connectivity index (χ0v) is 10.7. The van der Waals surface area contributed by atoms with Crippen molar-refractivity contribution in [3.8, 4) is 0 Å². The Balaban J connectivity index is 2.21. The van der Waals surface area contributed by atoms with Crippen LogP contribution in [0.25, 0.3) is 0 Å². The summed E-state index contributed by atoms with van der Waals surface area (Å²) in [6, 6.07) is 0. The Morgan fingerprint density at radius 1 is 1.40 bits per heavy atom. The van der Waals surface area contributed by atoms with Gasteiger partial charge in [0.05, 0.1) is 5.92 Å². The molecular formula is C12H16F3N5. The third kappa shape index (κ3) is 2.83. The number of hydrogen-bond acceptors (Lipinski definition) is 4. The standard InChI is InChI=1S/C12H16F3N5/c13-12(14,15)8-3-1-2-7(6-8)10(17)20-5-4-19-9(16)11(20)18/h4-5,7-8,17-18H,1-3,6H2,(H2,16,19). The van der Waals surface area contributed by atoms with E-state index in [1.165, 1.54) is 17.0 Å². The minimum absolute atomic E-state index is 0.0157. The summed E-state index contributed by atoms with van der Waals surface area (Å²) in [4.78, 5) is 3.71. The van der Waals surface area contributed by atoms with Crippen LogP contribution in [0.2, 0.25) is 0 Å². The van der Waals surface area contributed by atoms with Crippen LogP contribution in [0.3, 0.4) is 0 Å². The van der Waals surface area contributed by atoms with Crippen LogP contribution >= 0.6 is 0 Å². The summed E-state index contributed by atoms with van der Waals surface area (Å²) >= 11 is 0. The Labute approximate surface area is 113 Å². The molecule has 1 aromatic rings. The molecule has 20 heavy (non-hydrogen) atoms. The van der Waals surface area contributed by atoms with Crippen LogP contribution in [0, 0.1) is 22.7 Å². The zero-order valence-electron chi connectivity index (χ0n) is 10.7. The molecule has 8 heteroatoms. The van der Waals surface area contributed by atoms with Crippen LogP contribution in [0.15, 0.2) is 12.4 Å². The van der Waals surface area contributed by atoms with Crippen molar-refractivity contribution in [3.05, 3.63) is 17.9 Å². The molecule has 2 rings (SSSR count). The van der Waals surface area contributed by atoms with E-state index in [9.17, 15) is 13.2 Å². The number of hydrogen-bond donors (Lipinski definition) is 3. The lowest BCUT2D eigenvalue weighted by molar-refractivity contribution is -0.183. The van der Waals surface area contributed by atoms with E-state index in [0.29, 0.717) is 12.8 Å². The summed E-state index contributed by atoms with van der Waals surface area (Å²) in [6.07, 6.45) is -0.512. The van der Waals surface area contributed by atoms with Gasteiger partial charge in [-0.15, -0.1) is 0 Å². The monoisotopic (exact) mass is 287 g/mol. The van der Waals surface area contributed by atoms with E-state index >= 15 is 0 Å². The average Bonchev–Trinajstić information content (AvgIpc) is 2.40. The molecule has 110 valence electrons. The molecule has 4 N–H and O–H groups in total. The third-order valence-corrected chi connectivity index (χ3v) is 3.70. The van der Waals surface area contributed by atoms with Crippen molar-refractivity contribution >= 4 is 11.7 Å². The number of nitrogens with two attached hydrogens (primary N) is 1. The highest BCUT2D eigenvalue weighted by molar-refractivity contribution is 5.84. The first-order valence-corrected chi connectivity index (χ1v) is 6.34. The zero-order chi connectivity index (χ0) is 14.9. The van der Waals surface area contributed by atoms with E-state index in [4.69, 9.17) is 16.6 Å². The highest BCUT2D eigenvalue weighted by Gasteiger charge is 2.43. The van der Waals surface area contributed by atoms with Gasteiger partial charge in [-0.25, -0.2) is 4.98 Å². The van der Waals surface area contributed by atoms with E-state index < -0.39 is 18.0 Å². The molecule has 1 aliphatic carbocycles. The fraction of sp³-hybridized carbons (Fsp3) is 0.583. The van der Waals surface area contributed by atoms with Crippen LogP contribution in [-0.4, -0.2) is 21.6 Å². The van der Waals surface area contributed by atoms with Crippen LogP contribution in [0.5, 0.6) is 0 Å².